The van der Waals surface area contributed by atoms with E-state index < -0.39 is 5.97 Å². The van der Waals surface area contributed by atoms with Crippen molar-refractivity contribution in [1.82, 2.24) is 0 Å². The smallest absolute Gasteiger partial charge is 0.306 e. The molecule has 7 heteroatoms. The number of carbonyl (C=O) groups is 2. The van der Waals surface area contributed by atoms with E-state index in [4.69, 9.17) is 18.9 Å². The van der Waals surface area contributed by atoms with Gasteiger partial charge < -0.3 is 24.3 Å². The molecule has 2 aromatic carbocycles. The van der Waals surface area contributed by atoms with Crippen LogP contribution in [-0.4, -0.2) is 39.8 Å². The normalized spacial score (nSPS) is 10.2. The van der Waals surface area contributed by atoms with Gasteiger partial charge in [-0.05, 0) is 55.2 Å². The Kier molecular flexibility index (Phi) is 7.88. The standard InChI is InChI=1S/C22H27NO6/c1-14-7-6-8-17(15(14)2)23-20(24)13-29-21(25)10-9-16-11-18(26-3)22(28-5)19(12-16)27-4/h6-8,11-12H,9-10,13H2,1-5H3,(H,23,24). The molecule has 2 aromatic rings. The van der Waals surface area contributed by atoms with Crippen molar-refractivity contribution in [2.75, 3.05) is 33.3 Å². The van der Waals surface area contributed by atoms with Crippen LogP contribution in [0.2, 0.25) is 0 Å². The molecule has 0 saturated heterocycles. The van der Waals surface area contributed by atoms with Gasteiger partial charge in [-0.25, -0.2) is 0 Å². The van der Waals surface area contributed by atoms with Gasteiger partial charge in [-0.2, -0.15) is 0 Å². The Balaban J connectivity index is 1.88. The van der Waals surface area contributed by atoms with E-state index in [1.165, 1.54) is 21.3 Å². The number of nitrogens with one attached hydrogen (secondary N) is 1. The van der Waals surface area contributed by atoms with Crippen molar-refractivity contribution in [2.45, 2.75) is 26.7 Å². The maximum atomic E-state index is 12.1. The molecule has 0 spiro atoms. The van der Waals surface area contributed by atoms with Gasteiger partial charge in [0.25, 0.3) is 5.91 Å². The third-order valence-electron chi connectivity index (χ3n) is 4.59. The van der Waals surface area contributed by atoms with Crippen molar-refractivity contribution in [1.29, 1.82) is 0 Å². The minimum atomic E-state index is -0.463. The van der Waals surface area contributed by atoms with Crippen molar-refractivity contribution in [3.8, 4) is 17.2 Å². The lowest BCUT2D eigenvalue weighted by Gasteiger charge is -2.14. The number of ether oxygens (including phenoxy) is 4. The molecule has 0 unspecified atom stereocenters. The summed E-state index contributed by atoms with van der Waals surface area (Å²) in [6.45, 7) is 3.56. The molecule has 0 aliphatic heterocycles. The zero-order chi connectivity index (χ0) is 21.4. The Morgan fingerprint density at radius 1 is 0.966 bits per heavy atom. The molecule has 0 bridgehead atoms. The molecule has 0 heterocycles. The van der Waals surface area contributed by atoms with Crippen LogP contribution in [0, 0.1) is 13.8 Å². The van der Waals surface area contributed by atoms with E-state index in [9.17, 15) is 9.59 Å². The fraction of sp³-hybridized carbons (Fsp3) is 0.364. The molecule has 0 saturated carbocycles. The summed E-state index contributed by atoms with van der Waals surface area (Å²) >= 11 is 0. The van der Waals surface area contributed by atoms with Crippen LogP contribution in [0.3, 0.4) is 0 Å². The molecule has 1 amide bonds. The minimum Gasteiger partial charge on any atom is -0.493 e. The van der Waals surface area contributed by atoms with E-state index >= 15 is 0 Å². The zero-order valence-electron chi connectivity index (χ0n) is 17.5. The lowest BCUT2D eigenvalue weighted by Crippen LogP contribution is -2.21. The van der Waals surface area contributed by atoms with Gasteiger partial charge in [0, 0.05) is 12.1 Å². The average molecular weight is 401 g/mol. The van der Waals surface area contributed by atoms with Crippen LogP contribution in [0.4, 0.5) is 5.69 Å². The molecule has 156 valence electrons. The Morgan fingerprint density at radius 2 is 1.62 bits per heavy atom. The molecular formula is C22H27NO6. The number of benzene rings is 2. The fourth-order valence-electron chi connectivity index (χ4n) is 2.82. The number of anilines is 1. The largest absolute Gasteiger partial charge is 0.493 e. The first-order chi connectivity index (χ1) is 13.9. The summed E-state index contributed by atoms with van der Waals surface area (Å²) in [5.41, 5.74) is 3.60. The number of hydrogen-bond acceptors (Lipinski definition) is 6. The fourth-order valence-corrected chi connectivity index (χ4v) is 2.82. The second kappa shape index (κ2) is 10.4. The van der Waals surface area contributed by atoms with Gasteiger partial charge in [-0.1, -0.05) is 12.1 Å². The first kappa shape index (κ1) is 22.1. The maximum absolute atomic E-state index is 12.1. The number of methoxy groups -OCH3 is 3. The summed E-state index contributed by atoms with van der Waals surface area (Å²) in [5, 5.41) is 2.76. The SMILES string of the molecule is COc1cc(CCC(=O)OCC(=O)Nc2cccc(C)c2C)cc(OC)c1OC. The van der Waals surface area contributed by atoms with E-state index in [1.807, 2.05) is 32.0 Å². The summed E-state index contributed by atoms with van der Waals surface area (Å²) < 4.78 is 21.0. The molecule has 2 rings (SSSR count). The van der Waals surface area contributed by atoms with Crippen molar-refractivity contribution >= 4 is 17.6 Å². The molecule has 29 heavy (non-hydrogen) atoms. The number of aryl methyl sites for hydroxylation is 2. The lowest BCUT2D eigenvalue weighted by molar-refractivity contribution is -0.147. The molecule has 7 nitrogen and oxygen atoms in total. The predicted molar refractivity (Wildman–Crippen MR) is 110 cm³/mol. The third kappa shape index (κ3) is 5.88. The highest BCUT2D eigenvalue weighted by molar-refractivity contribution is 5.93. The number of carbonyl (C=O) groups excluding carboxylic acids is 2. The molecule has 0 atom stereocenters. The molecule has 0 aliphatic rings. The van der Waals surface area contributed by atoms with Crippen LogP contribution in [0.25, 0.3) is 0 Å². The summed E-state index contributed by atoms with van der Waals surface area (Å²) in [4.78, 5) is 24.1. The minimum absolute atomic E-state index is 0.120. The van der Waals surface area contributed by atoms with Crippen LogP contribution in [0.15, 0.2) is 30.3 Å². The quantitative estimate of drug-likeness (QED) is 0.648. The average Bonchev–Trinajstić information content (AvgIpc) is 2.73. The van der Waals surface area contributed by atoms with E-state index in [0.29, 0.717) is 29.4 Å². The van der Waals surface area contributed by atoms with Crippen molar-refractivity contribution in [2.24, 2.45) is 0 Å². The summed E-state index contributed by atoms with van der Waals surface area (Å²) in [7, 11) is 4.59. The van der Waals surface area contributed by atoms with Gasteiger partial charge in [0.2, 0.25) is 5.75 Å². The van der Waals surface area contributed by atoms with Gasteiger partial charge in [-0.15, -0.1) is 0 Å². The number of esters is 1. The third-order valence-corrected chi connectivity index (χ3v) is 4.59. The van der Waals surface area contributed by atoms with Crippen LogP contribution in [0.1, 0.15) is 23.1 Å². The van der Waals surface area contributed by atoms with E-state index in [2.05, 4.69) is 5.32 Å². The zero-order valence-corrected chi connectivity index (χ0v) is 17.5. The molecule has 0 aromatic heterocycles. The van der Waals surface area contributed by atoms with Gasteiger partial charge in [0.15, 0.2) is 18.1 Å². The highest BCUT2D eigenvalue weighted by Crippen LogP contribution is 2.38. The lowest BCUT2D eigenvalue weighted by atomic mass is 10.1. The van der Waals surface area contributed by atoms with Crippen molar-refractivity contribution < 1.29 is 28.5 Å². The van der Waals surface area contributed by atoms with Crippen LogP contribution in [-0.2, 0) is 20.7 Å². The van der Waals surface area contributed by atoms with E-state index in [0.717, 1.165) is 16.7 Å². The van der Waals surface area contributed by atoms with Gasteiger partial charge in [0.05, 0.1) is 21.3 Å². The molecule has 0 fully saturated rings. The second-order valence-corrected chi connectivity index (χ2v) is 6.49. The van der Waals surface area contributed by atoms with E-state index in [-0.39, 0.29) is 18.9 Å². The monoisotopic (exact) mass is 401 g/mol. The van der Waals surface area contributed by atoms with E-state index in [1.54, 1.807) is 12.1 Å². The summed E-state index contributed by atoms with van der Waals surface area (Å²) in [5.74, 6) is 0.686. The van der Waals surface area contributed by atoms with Crippen LogP contribution < -0.4 is 19.5 Å². The topological polar surface area (TPSA) is 83.1 Å². The number of rotatable bonds is 9. The van der Waals surface area contributed by atoms with Gasteiger partial charge in [0.1, 0.15) is 0 Å². The van der Waals surface area contributed by atoms with Crippen LogP contribution in [0.5, 0.6) is 17.2 Å². The van der Waals surface area contributed by atoms with Crippen LogP contribution >= 0.6 is 0 Å². The Morgan fingerprint density at radius 3 is 2.21 bits per heavy atom. The molecular weight excluding hydrogens is 374 g/mol. The van der Waals surface area contributed by atoms with Crippen molar-refractivity contribution in [3.63, 3.8) is 0 Å². The Hall–Kier alpha value is -3.22. The molecule has 0 aliphatic carbocycles. The molecule has 0 radical (unpaired) electrons. The first-order valence-corrected chi connectivity index (χ1v) is 9.20. The Bertz CT molecular complexity index is 853. The first-order valence-electron chi connectivity index (χ1n) is 9.20. The number of amides is 1. The predicted octanol–water partition coefficient (Wildman–Crippen LogP) is 3.44. The second-order valence-electron chi connectivity index (χ2n) is 6.49. The Labute approximate surface area is 170 Å². The van der Waals surface area contributed by atoms with Crippen molar-refractivity contribution in [3.05, 3.63) is 47.0 Å². The molecule has 1 N–H and O–H groups in total. The number of hydrogen-bond donors (Lipinski definition) is 1. The van der Waals surface area contributed by atoms with Gasteiger partial charge >= 0.3 is 5.97 Å². The summed E-state index contributed by atoms with van der Waals surface area (Å²) in [6, 6.07) is 9.20. The highest BCUT2D eigenvalue weighted by Gasteiger charge is 2.15. The summed E-state index contributed by atoms with van der Waals surface area (Å²) in [6.07, 6.45) is 0.531. The van der Waals surface area contributed by atoms with Gasteiger partial charge in [-0.3, -0.25) is 9.59 Å². The highest BCUT2D eigenvalue weighted by atomic mass is 16.5. The maximum Gasteiger partial charge on any atom is 0.306 e.